The number of nitrogens with zero attached hydrogens (tertiary/aromatic N) is 1. The highest BCUT2D eigenvalue weighted by atomic mass is 19.4. The van der Waals surface area contributed by atoms with Gasteiger partial charge in [0.2, 0.25) is 0 Å². The molecule has 1 aliphatic carbocycles. The largest absolute Gasteiger partial charge is 0.396 e. The molecule has 3 rings (SSSR count). The maximum atomic E-state index is 13.9. The van der Waals surface area contributed by atoms with Crippen molar-refractivity contribution in [2.75, 3.05) is 24.6 Å². The van der Waals surface area contributed by atoms with Crippen LogP contribution in [0.1, 0.15) is 60.6 Å². The van der Waals surface area contributed by atoms with Crippen LogP contribution in [0, 0.1) is 5.92 Å². The van der Waals surface area contributed by atoms with E-state index in [1.165, 1.54) is 6.07 Å². The number of anilines is 2. The number of nitrogen functional groups attached to an aromatic ring is 1. The Hall–Kier alpha value is -2.10. The first kappa shape index (κ1) is 21.6. The molecule has 2 aliphatic rings. The third-order valence-electron chi connectivity index (χ3n) is 5.76. The van der Waals surface area contributed by atoms with E-state index in [2.05, 4.69) is 20.9 Å². The highest BCUT2D eigenvalue weighted by Crippen LogP contribution is 2.37. The van der Waals surface area contributed by atoms with Gasteiger partial charge >= 0.3 is 6.18 Å². The van der Waals surface area contributed by atoms with E-state index in [0.717, 1.165) is 0 Å². The summed E-state index contributed by atoms with van der Waals surface area (Å²) in [5.74, 6) is -1.36. The number of aromatic nitrogens is 1. The number of pyridine rings is 1. The average Bonchev–Trinajstić information content (AvgIpc) is 2.67. The molecular formula is C19H27F4N5O. The minimum atomic E-state index is -4.20. The molecule has 1 saturated carbocycles. The third-order valence-corrected chi connectivity index (χ3v) is 5.76. The lowest BCUT2D eigenvalue weighted by Gasteiger charge is -2.31. The van der Waals surface area contributed by atoms with E-state index in [-0.39, 0.29) is 49.4 Å². The number of carbonyl (C=O) groups is 1. The molecule has 5 N–H and O–H groups in total. The quantitative estimate of drug-likeness (QED) is 0.564. The molecule has 1 saturated heterocycles. The van der Waals surface area contributed by atoms with Gasteiger partial charge in [0.15, 0.2) is 0 Å². The van der Waals surface area contributed by atoms with E-state index in [1.807, 2.05) is 0 Å². The van der Waals surface area contributed by atoms with Crippen molar-refractivity contribution in [2.45, 2.75) is 63.0 Å². The topological polar surface area (TPSA) is 92.1 Å². The summed E-state index contributed by atoms with van der Waals surface area (Å²) in [6, 6.07) is 0.717. The van der Waals surface area contributed by atoms with Gasteiger partial charge < -0.3 is 21.7 Å². The van der Waals surface area contributed by atoms with Gasteiger partial charge in [0.25, 0.3) is 5.91 Å². The number of halogens is 4. The van der Waals surface area contributed by atoms with Crippen molar-refractivity contribution in [2.24, 2.45) is 5.92 Å². The first-order valence-electron chi connectivity index (χ1n) is 9.92. The van der Waals surface area contributed by atoms with Gasteiger partial charge in [0.05, 0.1) is 28.9 Å². The Morgan fingerprint density at radius 1 is 1.24 bits per heavy atom. The van der Waals surface area contributed by atoms with Gasteiger partial charge in [-0.2, -0.15) is 13.2 Å². The van der Waals surface area contributed by atoms with Gasteiger partial charge in [-0.1, -0.05) is 0 Å². The molecule has 6 nitrogen and oxygen atoms in total. The lowest BCUT2D eigenvalue weighted by atomic mass is 9.85. The summed E-state index contributed by atoms with van der Waals surface area (Å²) in [6.07, 6.45) is -4.09. The normalized spacial score (nSPS) is 28.0. The summed E-state index contributed by atoms with van der Waals surface area (Å²) in [7, 11) is 1.65. The van der Waals surface area contributed by atoms with Crippen LogP contribution in [-0.4, -0.2) is 42.9 Å². The number of rotatable bonds is 4. The van der Waals surface area contributed by atoms with Crippen LogP contribution in [-0.2, 0) is 0 Å². The third kappa shape index (κ3) is 5.09. The fraction of sp³-hybridized carbons (Fsp3) is 0.684. The number of piperidine rings is 1. The van der Waals surface area contributed by atoms with Gasteiger partial charge in [0, 0.05) is 13.1 Å². The van der Waals surface area contributed by atoms with Crippen molar-refractivity contribution in [3.63, 3.8) is 0 Å². The number of hydrogen-bond acceptors (Lipinski definition) is 5. The molecular weight excluding hydrogens is 390 g/mol. The number of alkyl halides is 4. The van der Waals surface area contributed by atoms with E-state index >= 15 is 0 Å². The van der Waals surface area contributed by atoms with E-state index in [4.69, 9.17) is 5.73 Å². The number of nitrogens with two attached hydrogens (primary N) is 1. The minimum Gasteiger partial charge on any atom is -0.396 e. The summed E-state index contributed by atoms with van der Waals surface area (Å²) in [4.78, 5) is 17.3. The van der Waals surface area contributed by atoms with Crippen molar-refractivity contribution in [1.82, 2.24) is 15.6 Å². The zero-order valence-electron chi connectivity index (χ0n) is 16.3. The molecule has 2 heterocycles. The number of hydrogen-bond donors (Lipinski definition) is 4. The van der Waals surface area contributed by atoms with Gasteiger partial charge in [-0.15, -0.1) is 0 Å². The van der Waals surface area contributed by atoms with Crippen LogP contribution in [0.5, 0.6) is 0 Å². The van der Waals surface area contributed by atoms with Crippen LogP contribution in [0.25, 0.3) is 0 Å². The zero-order chi connectivity index (χ0) is 21.2. The maximum absolute atomic E-state index is 13.9. The SMILES string of the molecule is CNc1nc(C2CC(F)CCN2)c(C(=O)NC2CCC(C(F)(F)F)CC2)cc1N. The van der Waals surface area contributed by atoms with Crippen molar-refractivity contribution in [3.8, 4) is 0 Å². The van der Waals surface area contributed by atoms with Crippen LogP contribution < -0.4 is 21.7 Å². The maximum Gasteiger partial charge on any atom is 0.391 e. The van der Waals surface area contributed by atoms with Crippen molar-refractivity contribution < 1.29 is 22.4 Å². The van der Waals surface area contributed by atoms with Crippen LogP contribution in [0.2, 0.25) is 0 Å². The first-order chi connectivity index (χ1) is 13.7. The highest BCUT2D eigenvalue weighted by Gasteiger charge is 2.41. The van der Waals surface area contributed by atoms with E-state index in [0.29, 0.717) is 24.5 Å². The molecule has 162 valence electrons. The summed E-state index contributed by atoms with van der Waals surface area (Å²) in [5.41, 5.74) is 6.87. The number of nitrogens with one attached hydrogen (secondary N) is 3. The molecule has 10 heteroatoms. The summed E-state index contributed by atoms with van der Waals surface area (Å²) >= 11 is 0. The molecule has 0 aromatic carbocycles. The Labute approximate surface area is 167 Å². The fourth-order valence-electron chi connectivity index (χ4n) is 4.10. The molecule has 1 aromatic heterocycles. The second kappa shape index (κ2) is 8.73. The summed E-state index contributed by atoms with van der Waals surface area (Å²) < 4.78 is 52.5. The average molecular weight is 417 g/mol. The Morgan fingerprint density at radius 3 is 2.52 bits per heavy atom. The first-order valence-corrected chi connectivity index (χ1v) is 9.92. The Bertz CT molecular complexity index is 734. The van der Waals surface area contributed by atoms with Gasteiger partial charge in [-0.3, -0.25) is 4.79 Å². The molecule has 0 radical (unpaired) electrons. The molecule has 0 bridgehead atoms. The molecule has 2 unspecified atom stereocenters. The molecule has 0 spiro atoms. The molecule has 1 aliphatic heterocycles. The zero-order valence-corrected chi connectivity index (χ0v) is 16.3. The standard InChI is InChI=1S/C19H27F4N5O/c1-25-17-14(24)9-13(16(28-17)15-8-11(20)6-7-26-15)18(29)27-12-4-2-10(3-5-12)19(21,22)23/h9-12,15,26H,2-8,24H2,1H3,(H,25,28)(H,27,29). The predicted octanol–water partition coefficient (Wildman–Crippen LogP) is 3.32. The smallest absolute Gasteiger partial charge is 0.391 e. The molecule has 2 fully saturated rings. The van der Waals surface area contributed by atoms with Crippen LogP contribution >= 0.6 is 0 Å². The summed E-state index contributed by atoms with van der Waals surface area (Å²) in [6.45, 7) is 0.468. The molecule has 29 heavy (non-hydrogen) atoms. The fourth-order valence-corrected chi connectivity index (χ4v) is 4.10. The van der Waals surface area contributed by atoms with Gasteiger partial charge in [-0.05, 0) is 51.1 Å². The minimum absolute atomic E-state index is 0.00586. The van der Waals surface area contributed by atoms with E-state index in [9.17, 15) is 22.4 Å². The second-order valence-electron chi connectivity index (χ2n) is 7.80. The second-order valence-corrected chi connectivity index (χ2v) is 7.80. The molecule has 2 atom stereocenters. The van der Waals surface area contributed by atoms with Crippen molar-refractivity contribution in [3.05, 3.63) is 17.3 Å². The Kier molecular flexibility index (Phi) is 6.50. The van der Waals surface area contributed by atoms with Crippen molar-refractivity contribution in [1.29, 1.82) is 0 Å². The van der Waals surface area contributed by atoms with Gasteiger partial charge in [-0.25, -0.2) is 9.37 Å². The monoisotopic (exact) mass is 417 g/mol. The Morgan fingerprint density at radius 2 is 1.93 bits per heavy atom. The lowest BCUT2D eigenvalue weighted by molar-refractivity contribution is -0.182. The number of amides is 1. The summed E-state index contributed by atoms with van der Waals surface area (Å²) in [5, 5.41) is 8.86. The van der Waals surface area contributed by atoms with Crippen molar-refractivity contribution >= 4 is 17.4 Å². The predicted molar refractivity (Wildman–Crippen MR) is 102 cm³/mol. The molecule has 1 aromatic rings. The molecule has 1 amide bonds. The van der Waals surface area contributed by atoms with Crippen LogP contribution in [0.3, 0.4) is 0 Å². The van der Waals surface area contributed by atoms with Gasteiger partial charge in [0.1, 0.15) is 12.0 Å². The lowest BCUT2D eigenvalue weighted by Crippen LogP contribution is -2.41. The van der Waals surface area contributed by atoms with Crippen LogP contribution in [0.15, 0.2) is 6.07 Å². The highest BCUT2D eigenvalue weighted by molar-refractivity contribution is 5.97. The Balaban J connectivity index is 1.76. The number of carbonyl (C=O) groups excluding carboxylic acids is 1. The van der Waals surface area contributed by atoms with E-state index < -0.39 is 30.2 Å². The van der Waals surface area contributed by atoms with E-state index in [1.54, 1.807) is 7.05 Å². The van der Waals surface area contributed by atoms with Crippen LogP contribution in [0.4, 0.5) is 29.1 Å².